The van der Waals surface area contributed by atoms with Crippen LogP contribution in [0.15, 0.2) is 0 Å². The van der Waals surface area contributed by atoms with Gasteiger partial charge in [-0.1, -0.05) is 0 Å². The summed E-state index contributed by atoms with van der Waals surface area (Å²) >= 11 is 0. The van der Waals surface area contributed by atoms with Gasteiger partial charge in [-0.15, -0.1) is 0 Å². The van der Waals surface area contributed by atoms with Gasteiger partial charge in [0.15, 0.2) is 0 Å². The van der Waals surface area contributed by atoms with E-state index in [0.29, 0.717) is 0 Å². The summed E-state index contributed by atoms with van der Waals surface area (Å²) in [7, 11) is -4.64. The van der Waals surface area contributed by atoms with Crippen molar-refractivity contribution in [1.82, 2.24) is 0 Å². The number of hydrogen-bond acceptors (Lipinski definition) is 1. The van der Waals surface area contributed by atoms with Crippen LogP contribution in [0.1, 0.15) is 0 Å². The summed E-state index contributed by atoms with van der Waals surface area (Å²) in [6, 6.07) is 0. The van der Waals surface area contributed by atoms with Crippen molar-refractivity contribution in [3.05, 3.63) is 0 Å². The topological polar surface area (TPSA) is 77.8 Å². The molecule has 0 fully saturated rings. The van der Waals surface area contributed by atoms with E-state index >= 15 is 0 Å². The van der Waals surface area contributed by atoms with E-state index in [9.17, 15) is 0 Å². The van der Waals surface area contributed by atoms with Crippen molar-refractivity contribution in [2.75, 3.05) is 0 Å². The van der Waals surface area contributed by atoms with Gasteiger partial charge in [-0.2, -0.15) is 0 Å². The van der Waals surface area contributed by atoms with Crippen molar-refractivity contribution in [3.8, 4) is 0 Å². The molecule has 7 heteroatoms. The van der Waals surface area contributed by atoms with Gasteiger partial charge in [-0.05, 0) is 0 Å². The zero-order valence-corrected chi connectivity index (χ0v) is 3.09. The molecule has 0 aromatic rings. The molecule has 0 aliphatic carbocycles. The van der Waals surface area contributed by atoms with Crippen LogP contribution < -0.4 is 0 Å². The normalized spacial score (nSPS) is 8.43. The van der Waals surface area contributed by atoms with Crippen LogP contribution in [0, 0.1) is 0 Å². The van der Waals surface area contributed by atoms with E-state index in [4.69, 9.17) is 19.2 Å². The molecule has 0 aliphatic rings. The van der Waals surface area contributed by atoms with Gasteiger partial charge in [-0.3, -0.25) is 0 Å². The molecule has 0 saturated carbocycles. The molecule has 0 atom stereocenters. The molecule has 40 valence electrons. The van der Waals surface area contributed by atoms with Gasteiger partial charge in [0.2, 0.25) is 0 Å². The summed E-state index contributed by atoms with van der Waals surface area (Å²) in [5, 5.41) is 0. The van der Waals surface area contributed by atoms with Crippen LogP contribution in [0.2, 0.25) is 0 Å². The number of hydrogen-bond donors (Lipinski definition) is 3. The summed E-state index contributed by atoms with van der Waals surface area (Å²) in [6.07, 6.45) is 0. The van der Waals surface area contributed by atoms with Crippen molar-refractivity contribution in [1.29, 1.82) is 0 Å². The van der Waals surface area contributed by atoms with Crippen molar-refractivity contribution in [2.24, 2.45) is 0 Å². The molecule has 4 nitrogen and oxygen atoms in total. The van der Waals surface area contributed by atoms with E-state index in [2.05, 4.69) is 0 Å². The first-order valence-corrected chi connectivity index (χ1v) is 2.35. The van der Waals surface area contributed by atoms with Gasteiger partial charge in [0.25, 0.3) is 0 Å². The zero-order chi connectivity index (χ0) is 4.50. The minimum absolute atomic E-state index is 0. The van der Waals surface area contributed by atoms with Gasteiger partial charge in [0, 0.05) is 0 Å². The summed E-state index contributed by atoms with van der Waals surface area (Å²) in [4.78, 5) is 21.6. The third-order valence-corrected chi connectivity index (χ3v) is 0. The predicted molar refractivity (Wildman–Crippen MR) is 31.4 cm³/mol. The second kappa shape index (κ2) is 7.05. The molecule has 0 heterocycles. The number of rotatable bonds is 0. The molecule has 0 amide bonds. The first kappa shape index (κ1) is 16.5. The third kappa shape index (κ3) is 49.8. The van der Waals surface area contributed by atoms with Crippen molar-refractivity contribution < 1.29 is 19.2 Å². The molecule has 3 N–H and O–H groups in total. The summed E-state index contributed by atoms with van der Waals surface area (Å²) in [5.41, 5.74) is 0. The van der Waals surface area contributed by atoms with E-state index in [-0.39, 0.29) is 86.6 Å². The fourth-order valence-electron chi connectivity index (χ4n) is 0. The predicted octanol–water partition coefficient (Wildman–Crippen LogP) is -2.76. The summed E-state index contributed by atoms with van der Waals surface area (Å²) in [5.74, 6) is 0. The Morgan fingerprint density at radius 3 is 1.14 bits per heavy atom. The molecule has 0 radical (unpaired) electrons. The average Bonchev–Trinajstić information content (AvgIpc) is 0.722. The fourth-order valence-corrected chi connectivity index (χ4v) is 0. The van der Waals surface area contributed by atoms with Gasteiger partial charge in [0.1, 0.15) is 0 Å². The van der Waals surface area contributed by atoms with E-state index in [1.807, 2.05) is 0 Å². The van der Waals surface area contributed by atoms with Gasteiger partial charge < -0.3 is 14.7 Å². The van der Waals surface area contributed by atoms with Crippen LogP contribution in [-0.2, 0) is 4.57 Å². The second-order valence-electron chi connectivity index (χ2n) is 0.513. The quantitative estimate of drug-likeness (QED) is 0.332. The number of phosphoric acid groups is 1. The Balaban J connectivity index is -0.0000000800. The molecule has 0 saturated heterocycles. The Labute approximate surface area is 111 Å². The van der Waals surface area contributed by atoms with E-state index in [0.717, 1.165) is 0 Å². The summed E-state index contributed by atoms with van der Waals surface area (Å²) < 4.78 is 8.88. The van der Waals surface area contributed by atoms with Gasteiger partial charge >= 0.3 is 94.4 Å². The standard InChI is InChI=1S/Ba.Ca.H3O4P.4H/c;;1-5(2,3)4;;;;/h;;(H3,1,2,3,4);;;;. The molecular weight excluding hydrogens is 272 g/mol. The first-order valence-electron chi connectivity index (χ1n) is 0.783. The Hall–Kier alpha value is 2.94. The molecule has 0 bridgehead atoms. The van der Waals surface area contributed by atoms with Crippen molar-refractivity contribution in [3.63, 3.8) is 0 Å². The van der Waals surface area contributed by atoms with Crippen LogP contribution >= 0.6 is 7.82 Å². The van der Waals surface area contributed by atoms with Gasteiger partial charge in [-0.25, -0.2) is 4.57 Å². The van der Waals surface area contributed by atoms with Crippen LogP contribution in [0.4, 0.5) is 0 Å². The first-order chi connectivity index (χ1) is 2.00. The minimum atomic E-state index is -4.64. The Bertz CT molecular complexity index is 57.8. The average molecular weight is 279 g/mol. The molecule has 0 spiro atoms. The van der Waals surface area contributed by atoms with E-state index in [1.54, 1.807) is 0 Å². The molecular formula is H7BaCaO4P. The van der Waals surface area contributed by atoms with E-state index < -0.39 is 7.82 Å². The third-order valence-electron chi connectivity index (χ3n) is 0. The van der Waals surface area contributed by atoms with Gasteiger partial charge in [0.05, 0.1) is 0 Å². The molecule has 0 aromatic heterocycles. The maximum atomic E-state index is 8.88. The van der Waals surface area contributed by atoms with Crippen LogP contribution in [0.3, 0.4) is 0 Å². The SMILES string of the molecule is O=P(O)(O)O.[BaH2].[CaH2]. The summed E-state index contributed by atoms with van der Waals surface area (Å²) in [6.45, 7) is 0. The molecule has 0 aliphatic heterocycles. The Kier molecular flexibility index (Phi) is 16.6. The van der Waals surface area contributed by atoms with Crippen LogP contribution in [0.25, 0.3) is 0 Å². The molecule has 0 rings (SSSR count). The molecule has 0 unspecified atom stereocenters. The van der Waals surface area contributed by atoms with Crippen molar-refractivity contribution in [2.45, 2.75) is 0 Å². The van der Waals surface area contributed by atoms with E-state index in [1.165, 1.54) is 0 Å². The maximum absolute atomic E-state index is 8.88. The Morgan fingerprint density at radius 1 is 1.14 bits per heavy atom. The fraction of sp³-hybridized carbons (Fsp3) is 0. The molecule has 0 aromatic carbocycles. The van der Waals surface area contributed by atoms with Crippen molar-refractivity contribution >= 4 is 94.4 Å². The zero-order valence-electron chi connectivity index (χ0n) is 2.20. The Morgan fingerprint density at radius 2 is 1.14 bits per heavy atom. The van der Waals surface area contributed by atoms with Crippen LogP contribution in [-0.4, -0.2) is 101 Å². The second-order valence-corrected chi connectivity index (χ2v) is 1.54. The monoisotopic (exact) mass is 280 g/mol. The molecule has 7 heavy (non-hydrogen) atoms. The van der Waals surface area contributed by atoms with Crippen LogP contribution in [0.5, 0.6) is 0 Å².